The Morgan fingerprint density at radius 1 is 0.773 bits per heavy atom. The number of nitrogens with zero attached hydrogens (tertiary/aromatic N) is 2. The van der Waals surface area contributed by atoms with Gasteiger partial charge in [0.2, 0.25) is 0 Å². The zero-order chi connectivity index (χ0) is 15.9. The maximum absolute atomic E-state index is 11.2. The van der Waals surface area contributed by atoms with E-state index in [1.807, 2.05) is 58.2 Å². The number of pyridine rings is 2. The fourth-order valence-electron chi connectivity index (χ4n) is 2.02. The second-order valence-electron chi connectivity index (χ2n) is 5.15. The van der Waals surface area contributed by atoms with Crippen LogP contribution < -0.4 is 9.13 Å². The SMILES string of the molecule is CC(=O)c1cc[n+](C/C=C/C[n+]2ccc(C(C)=O)cc2)cc1. The van der Waals surface area contributed by atoms with Crippen molar-refractivity contribution in [3.8, 4) is 0 Å². The van der Waals surface area contributed by atoms with Crippen molar-refractivity contribution in [3.05, 3.63) is 72.3 Å². The van der Waals surface area contributed by atoms with Gasteiger partial charge in [-0.2, -0.15) is 0 Å². The van der Waals surface area contributed by atoms with E-state index in [4.69, 9.17) is 0 Å². The van der Waals surface area contributed by atoms with E-state index in [1.165, 1.54) is 0 Å². The first kappa shape index (κ1) is 15.8. The molecule has 0 saturated carbocycles. The van der Waals surface area contributed by atoms with Crippen LogP contribution in [0.2, 0.25) is 0 Å². The zero-order valence-electron chi connectivity index (χ0n) is 12.9. The van der Waals surface area contributed by atoms with Gasteiger partial charge in [0.15, 0.2) is 49.4 Å². The lowest BCUT2D eigenvalue weighted by atomic mass is 10.2. The molecule has 0 N–H and O–H groups in total. The first-order chi connectivity index (χ1) is 10.6. The summed E-state index contributed by atoms with van der Waals surface area (Å²) in [5.41, 5.74) is 1.45. The molecule has 0 unspecified atom stereocenters. The van der Waals surface area contributed by atoms with Crippen LogP contribution in [0.1, 0.15) is 34.6 Å². The van der Waals surface area contributed by atoms with Crippen molar-refractivity contribution < 1.29 is 18.7 Å². The Balaban J connectivity index is 1.87. The normalized spacial score (nSPS) is 10.8. The Hall–Kier alpha value is -2.62. The predicted molar refractivity (Wildman–Crippen MR) is 82.4 cm³/mol. The maximum atomic E-state index is 11.2. The van der Waals surface area contributed by atoms with Gasteiger partial charge in [0.25, 0.3) is 0 Å². The highest BCUT2D eigenvalue weighted by Gasteiger charge is 2.03. The van der Waals surface area contributed by atoms with Crippen LogP contribution in [-0.4, -0.2) is 11.6 Å². The summed E-state index contributed by atoms with van der Waals surface area (Å²) in [5.74, 6) is 0.154. The third kappa shape index (κ3) is 4.45. The molecule has 0 atom stereocenters. The van der Waals surface area contributed by atoms with E-state index >= 15 is 0 Å². The summed E-state index contributed by atoms with van der Waals surface area (Å²) < 4.78 is 4.01. The molecule has 0 aliphatic rings. The number of carbonyl (C=O) groups is 2. The molecular weight excluding hydrogens is 276 g/mol. The monoisotopic (exact) mass is 296 g/mol. The lowest BCUT2D eigenvalue weighted by Crippen LogP contribution is -2.33. The fourth-order valence-corrected chi connectivity index (χ4v) is 2.02. The van der Waals surface area contributed by atoms with Gasteiger partial charge in [-0.1, -0.05) is 0 Å². The molecule has 2 heterocycles. The van der Waals surface area contributed by atoms with Crippen molar-refractivity contribution in [2.75, 3.05) is 0 Å². The predicted octanol–water partition coefficient (Wildman–Crippen LogP) is 1.92. The first-order valence-corrected chi connectivity index (χ1v) is 7.21. The van der Waals surface area contributed by atoms with Crippen LogP contribution in [0.3, 0.4) is 0 Å². The number of rotatable bonds is 6. The number of aromatic nitrogens is 2. The second kappa shape index (κ2) is 7.41. The molecule has 4 nitrogen and oxygen atoms in total. The molecule has 0 fully saturated rings. The fraction of sp³-hybridized carbons (Fsp3) is 0.222. The Kier molecular flexibility index (Phi) is 5.31. The minimum atomic E-state index is 0.0769. The summed E-state index contributed by atoms with van der Waals surface area (Å²) in [6.07, 6.45) is 11.7. The van der Waals surface area contributed by atoms with Crippen LogP contribution in [0.25, 0.3) is 0 Å². The zero-order valence-corrected chi connectivity index (χ0v) is 12.9. The molecule has 0 radical (unpaired) electrons. The highest BCUT2D eigenvalue weighted by molar-refractivity contribution is 5.94. The summed E-state index contributed by atoms with van der Waals surface area (Å²) in [7, 11) is 0. The van der Waals surface area contributed by atoms with Gasteiger partial charge in [-0.05, 0) is 26.0 Å². The van der Waals surface area contributed by atoms with E-state index in [0.717, 1.165) is 24.2 Å². The molecule has 0 aliphatic carbocycles. The molecule has 0 bridgehead atoms. The molecule has 0 spiro atoms. The highest BCUT2D eigenvalue weighted by atomic mass is 16.1. The average Bonchev–Trinajstić information content (AvgIpc) is 2.52. The number of allylic oxidation sites excluding steroid dienone is 2. The number of hydrogen-bond donors (Lipinski definition) is 0. The molecule has 2 aromatic heterocycles. The second-order valence-corrected chi connectivity index (χ2v) is 5.15. The van der Waals surface area contributed by atoms with Crippen molar-refractivity contribution in [1.29, 1.82) is 0 Å². The van der Waals surface area contributed by atoms with Gasteiger partial charge in [0.05, 0.1) is 0 Å². The molecule has 4 heteroatoms. The Labute approximate surface area is 130 Å². The summed E-state index contributed by atoms with van der Waals surface area (Å²) >= 11 is 0. The Bertz CT molecular complexity index is 625. The lowest BCUT2D eigenvalue weighted by molar-refractivity contribution is -0.691. The van der Waals surface area contributed by atoms with Crippen molar-refractivity contribution in [3.63, 3.8) is 0 Å². The number of ketones is 2. The van der Waals surface area contributed by atoms with Gasteiger partial charge >= 0.3 is 0 Å². The summed E-state index contributed by atoms with van der Waals surface area (Å²) in [4.78, 5) is 22.4. The van der Waals surface area contributed by atoms with E-state index < -0.39 is 0 Å². The summed E-state index contributed by atoms with van der Waals surface area (Å²) in [5, 5.41) is 0. The summed E-state index contributed by atoms with van der Waals surface area (Å²) in [6, 6.07) is 7.30. The minimum Gasteiger partial charge on any atom is -0.295 e. The minimum absolute atomic E-state index is 0.0769. The lowest BCUT2D eigenvalue weighted by Gasteiger charge is -1.95. The molecule has 0 aromatic carbocycles. The van der Waals surface area contributed by atoms with Crippen LogP contribution in [0.5, 0.6) is 0 Å². The van der Waals surface area contributed by atoms with Gasteiger partial charge < -0.3 is 0 Å². The number of hydrogen-bond acceptors (Lipinski definition) is 2. The topological polar surface area (TPSA) is 41.9 Å². The first-order valence-electron chi connectivity index (χ1n) is 7.21. The van der Waals surface area contributed by atoms with Crippen molar-refractivity contribution in [2.45, 2.75) is 26.9 Å². The van der Waals surface area contributed by atoms with Crippen LogP contribution in [0, 0.1) is 0 Å². The van der Waals surface area contributed by atoms with Crippen molar-refractivity contribution >= 4 is 11.6 Å². The van der Waals surface area contributed by atoms with Gasteiger partial charge in [-0.25, -0.2) is 9.13 Å². The highest BCUT2D eigenvalue weighted by Crippen LogP contribution is 1.96. The molecule has 0 amide bonds. The standard InChI is InChI=1S/C18H20N2O2/c1-15(21)17-5-11-19(12-6-17)9-3-4-10-20-13-7-18(8-14-20)16(2)22/h3-8,11-14H,9-10H2,1-2H3/q+2/b4-3+. The summed E-state index contributed by atoms with van der Waals surface area (Å²) in [6.45, 7) is 4.64. The van der Waals surface area contributed by atoms with Crippen molar-refractivity contribution in [2.24, 2.45) is 0 Å². The molecular formula is C18H20N2O2+2. The third-order valence-electron chi connectivity index (χ3n) is 3.39. The van der Waals surface area contributed by atoms with E-state index in [-0.39, 0.29) is 11.6 Å². The van der Waals surface area contributed by atoms with Crippen LogP contribution in [0.15, 0.2) is 61.2 Å². The largest absolute Gasteiger partial charge is 0.295 e. The average molecular weight is 296 g/mol. The smallest absolute Gasteiger partial charge is 0.169 e. The van der Waals surface area contributed by atoms with Gasteiger partial charge in [0, 0.05) is 35.4 Å². The van der Waals surface area contributed by atoms with Gasteiger partial charge in [-0.3, -0.25) is 9.59 Å². The van der Waals surface area contributed by atoms with Gasteiger partial charge in [-0.15, -0.1) is 0 Å². The van der Waals surface area contributed by atoms with Crippen molar-refractivity contribution in [1.82, 2.24) is 0 Å². The molecule has 22 heavy (non-hydrogen) atoms. The third-order valence-corrected chi connectivity index (χ3v) is 3.39. The molecule has 0 aliphatic heterocycles. The van der Waals surface area contributed by atoms with E-state index in [2.05, 4.69) is 12.2 Å². The number of carbonyl (C=O) groups excluding carboxylic acids is 2. The van der Waals surface area contributed by atoms with E-state index in [9.17, 15) is 9.59 Å². The number of Topliss-reactive ketones (excluding diaryl/α,β-unsaturated/α-hetero) is 2. The molecule has 0 saturated heterocycles. The molecule has 2 aromatic rings. The van der Waals surface area contributed by atoms with Crippen LogP contribution in [0.4, 0.5) is 0 Å². The van der Waals surface area contributed by atoms with Crippen LogP contribution in [-0.2, 0) is 13.1 Å². The Morgan fingerprint density at radius 2 is 1.09 bits per heavy atom. The molecule has 112 valence electrons. The van der Waals surface area contributed by atoms with Gasteiger partial charge in [0.1, 0.15) is 0 Å². The molecule has 2 rings (SSSR count). The van der Waals surface area contributed by atoms with Crippen LogP contribution >= 0.6 is 0 Å². The van der Waals surface area contributed by atoms with E-state index in [1.54, 1.807) is 13.8 Å². The quantitative estimate of drug-likeness (QED) is 0.464. The Morgan fingerprint density at radius 3 is 1.36 bits per heavy atom. The maximum Gasteiger partial charge on any atom is 0.169 e. The van der Waals surface area contributed by atoms with E-state index in [0.29, 0.717) is 0 Å².